The maximum atomic E-state index is 8.76. The first-order chi connectivity index (χ1) is 6.35. The number of rotatable bonds is 6. The standard InChI is InChI=1S/C12H22O/c1-3-5-6-7-8-9-12(4-2)10-11-13/h12-13H,3-6,9-11H2,1-2H3. The minimum Gasteiger partial charge on any atom is -0.396 e. The SMILES string of the molecule is CCCCC#CCC(CC)CCO. The summed E-state index contributed by atoms with van der Waals surface area (Å²) in [6, 6.07) is 0. The molecule has 0 bridgehead atoms. The zero-order valence-electron chi connectivity index (χ0n) is 8.97. The number of unbranched alkanes of at least 4 members (excludes halogenated alkanes) is 2. The fourth-order valence-corrected chi connectivity index (χ4v) is 1.20. The molecule has 0 aromatic rings. The van der Waals surface area contributed by atoms with Crippen LogP contribution in [0.15, 0.2) is 0 Å². The summed E-state index contributed by atoms with van der Waals surface area (Å²) in [5.74, 6) is 6.97. The Morgan fingerprint density at radius 2 is 2.00 bits per heavy atom. The van der Waals surface area contributed by atoms with Gasteiger partial charge in [-0.3, -0.25) is 0 Å². The van der Waals surface area contributed by atoms with E-state index in [9.17, 15) is 0 Å². The molecule has 1 N–H and O–H groups in total. The van der Waals surface area contributed by atoms with Crippen molar-refractivity contribution in [2.24, 2.45) is 5.92 Å². The van der Waals surface area contributed by atoms with E-state index in [2.05, 4.69) is 25.7 Å². The molecule has 0 fully saturated rings. The zero-order chi connectivity index (χ0) is 9.94. The van der Waals surface area contributed by atoms with E-state index in [0.29, 0.717) is 12.5 Å². The van der Waals surface area contributed by atoms with Crippen LogP contribution in [-0.4, -0.2) is 11.7 Å². The molecule has 0 aromatic heterocycles. The van der Waals surface area contributed by atoms with Crippen molar-refractivity contribution >= 4 is 0 Å². The Balaban J connectivity index is 3.49. The van der Waals surface area contributed by atoms with Crippen LogP contribution in [0.5, 0.6) is 0 Å². The van der Waals surface area contributed by atoms with Crippen LogP contribution >= 0.6 is 0 Å². The molecule has 1 heteroatoms. The van der Waals surface area contributed by atoms with Gasteiger partial charge in [-0.2, -0.15) is 0 Å². The molecule has 1 nitrogen and oxygen atoms in total. The van der Waals surface area contributed by atoms with E-state index in [0.717, 1.165) is 25.7 Å². The van der Waals surface area contributed by atoms with E-state index in [1.165, 1.54) is 12.8 Å². The molecule has 0 aliphatic rings. The summed E-state index contributed by atoms with van der Waals surface area (Å²) in [6.45, 7) is 4.64. The Labute approximate surface area is 82.5 Å². The van der Waals surface area contributed by atoms with E-state index in [4.69, 9.17) is 5.11 Å². The van der Waals surface area contributed by atoms with E-state index in [-0.39, 0.29) is 0 Å². The van der Waals surface area contributed by atoms with E-state index < -0.39 is 0 Å². The van der Waals surface area contributed by atoms with Gasteiger partial charge in [-0.25, -0.2) is 0 Å². The fourth-order valence-electron chi connectivity index (χ4n) is 1.20. The van der Waals surface area contributed by atoms with Crippen molar-refractivity contribution in [3.05, 3.63) is 0 Å². The summed E-state index contributed by atoms with van der Waals surface area (Å²) in [5, 5.41) is 8.76. The molecule has 0 aromatic carbocycles. The first-order valence-electron chi connectivity index (χ1n) is 5.41. The van der Waals surface area contributed by atoms with Gasteiger partial charge in [-0.1, -0.05) is 26.7 Å². The predicted molar refractivity (Wildman–Crippen MR) is 57.4 cm³/mol. The topological polar surface area (TPSA) is 20.2 Å². The van der Waals surface area contributed by atoms with Crippen LogP contribution in [0.25, 0.3) is 0 Å². The Bertz CT molecular complexity index is 152. The first kappa shape index (κ1) is 12.5. The molecule has 0 amide bonds. The van der Waals surface area contributed by atoms with Crippen molar-refractivity contribution in [2.45, 2.75) is 52.4 Å². The lowest BCUT2D eigenvalue weighted by Gasteiger charge is -2.07. The van der Waals surface area contributed by atoms with Gasteiger partial charge in [0.2, 0.25) is 0 Å². The van der Waals surface area contributed by atoms with Gasteiger partial charge < -0.3 is 5.11 Å². The summed E-state index contributed by atoms with van der Waals surface area (Å²) in [7, 11) is 0. The molecule has 0 spiro atoms. The van der Waals surface area contributed by atoms with Gasteiger partial charge in [-0.05, 0) is 18.8 Å². The molecule has 0 aliphatic carbocycles. The lowest BCUT2D eigenvalue weighted by molar-refractivity contribution is 0.256. The second-order valence-corrected chi connectivity index (χ2v) is 3.45. The van der Waals surface area contributed by atoms with Crippen LogP contribution in [-0.2, 0) is 0 Å². The number of aliphatic hydroxyl groups excluding tert-OH is 1. The van der Waals surface area contributed by atoms with Crippen molar-refractivity contribution in [3.63, 3.8) is 0 Å². The average molecular weight is 182 g/mol. The molecular formula is C12H22O. The Morgan fingerprint density at radius 3 is 2.54 bits per heavy atom. The third-order valence-corrected chi connectivity index (χ3v) is 2.29. The van der Waals surface area contributed by atoms with Gasteiger partial charge in [0.1, 0.15) is 0 Å². The molecule has 0 saturated heterocycles. The zero-order valence-corrected chi connectivity index (χ0v) is 8.97. The second-order valence-electron chi connectivity index (χ2n) is 3.45. The summed E-state index contributed by atoms with van der Waals surface area (Å²) in [5.41, 5.74) is 0. The molecule has 0 radical (unpaired) electrons. The molecule has 76 valence electrons. The Kier molecular flexibility index (Phi) is 9.25. The fraction of sp³-hybridized carbons (Fsp3) is 0.833. The normalized spacial score (nSPS) is 11.9. The third-order valence-electron chi connectivity index (χ3n) is 2.29. The van der Waals surface area contributed by atoms with E-state index in [1.807, 2.05) is 0 Å². The molecule has 0 aliphatic heterocycles. The van der Waals surface area contributed by atoms with Crippen LogP contribution < -0.4 is 0 Å². The quantitative estimate of drug-likeness (QED) is 0.494. The van der Waals surface area contributed by atoms with Crippen molar-refractivity contribution in [1.82, 2.24) is 0 Å². The molecule has 1 unspecified atom stereocenters. The van der Waals surface area contributed by atoms with Crippen molar-refractivity contribution in [3.8, 4) is 11.8 Å². The number of aliphatic hydroxyl groups is 1. The van der Waals surface area contributed by atoms with Crippen molar-refractivity contribution < 1.29 is 5.11 Å². The first-order valence-corrected chi connectivity index (χ1v) is 5.41. The number of hydrogen-bond acceptors (Lipinski definition) is 1. The molecule has 1 atom stereocenters. The molecule has 13 heavy (non-hydrogen) atoms. The van der Waals surface area contributed by atoms with Crippen LogP contribution in [0.3, 0.4) is 0 Å². The van der Waals surface area contributed by atoms with Gasteiger partial charge in [-0.15, -0.1) is 11.8 Å². The molecular weight excluding hydrogens is 160 g/mol. The summed E-state index contributed by atoms with van der Waals surface area (Å²) in [6.07, 6.45) is 6.46. The highest BCUT2D eigenvalue weighted by molar-refractivity contribution is 4.99. The van der Waals surface area contributed by atoms with Gasteiger partial charge in [0.25, 0.3) is 0 Å². The highest BCUT2D eigenvalue weighted by Gasteiger charge is 2.01. The highest BCUT2D eigenvalue weighted by Crippen LogP contribution is 2.11. The Morgan fingerprint density at radius 1 is 1.23 bits per heavy atom. The second kappa shape index (κ2) is 9.61. The minimum atomic E-state index is 0.301. The summed E-state index contributed by atoms with van der Waals surface area (Å²) < 4.78 is 0. The van der Waals surface area contributed by atoms with Crippen LogP contribution in [0, 0.1) is 17.8 Å². The van der Waals surface area contributed by atoms with Crippen LogP contribution in [0.1, 0.15) is 52.4 Å². The largest absolute Gasteiger partial charge is 0.396 e. The third kappa shape index (κ3) is 7.87. The smallest absolute Gasteiger partial charge is 0.0434 e. The molecule has 0 heterocycles. The van der Waals surface area contributed by atoms with Crippen LogP contribution in [0.2, 0.25) is 0 Å². The van der Waals surface area contributed by atoms with Gasteiger partial charge in [0.05, 0.1) is 0 Å². The summed E-state index contributed by atoms with van der Waals surface area (Å²) in [4.78, 5) is 0. The van der Waals surface area contributed by atoms with Gasteiger partial charge in [0, 0.05) is 19.4 Å². The van der Waals surface area contributed by atoms with Crippen LogP contribution in [0.4, 0.5) is 0 Å². The lowest BCUT2D eigenvalue weighted by Crippen LogP contribution is -2.00. The maximum Gasteiger partial charge on any atom is 0.0434 e. The van der Waals surface area contributed by atoms with Gasteiger partial charge in [0.15, 0.2) is 0 Å². The average Bonchev–Trinajstić information content (AvgIpc) is 2.16. The van der Waals surface area contributed by atoms with Gasteiger partial charge >= 0.3 is 0 Å². The molecule has 0 rings (SSSR count). The van der Waals surface area contributed by atoms with Crippen molar-refractivity contribution in [2.75, 3.05) is 6.61 Å². The minimum absolute atomic E-state index is 0.301. The molecule has 0 saturated carbocycles. The lowest BCUT2D eigenvalue weighted by atomic mass is 9.99. The van der Waals surface area contributed by atoms with E-state index in [1.54, 1.807) is 0 Å². The summed E-state index contributed by atoms with van der Waals surface area (Å²) >= 11 is 0. The highest BCUT2D eigenvalue weighted by atomic mass is 16.3. The monoisotopic (exact) mass is 182 g/mol. The van der Waals surface area contributed by atoms with E-state index >= 15 is 0 Å². The maximum absolute atomic E-state index is 8.76. The number of hydrogen-bond donors (Lipinski definition) is 1. The Hall–Kier alpha value is -0.480. The van der Waals surface area contributed by atoms with Crippen molar-refractivity contribution in [1.29, 1.82) is 0 Å². The predicted octanol–water partition coefficient (Wildman–Crippen LogP) is 2.98.